The van der Waals surface area contributed by atoms with E-state index in [2.05, 4.69) is 42.5 Å². The number of nitriles is 7. The number of allylic oxidation sites excluding steroid dienone is 7. The molecule has 22 heteroatoms. The number of rotatable bonds is 29. The van der Waals surface area contributed by atoms with E-state index in [0.29, 0.717) is 124 Å². The fraction of sp³-hybridized carbons (Fsp3) is 0.104. The van der Waals surface area contributed by atoms with Gasteiger partial charge >= 0.3 is 0 Å². The van der Waals surface area contributed by atoms with Crippen LogP contribution in [0.2, 0.25) is 0 Å². The molecule has 14 aromatic carbocycles. The molecule has 0 aliphatic carbocycles. The highest BCUT2D eigenvalue weighted by Crippen LogP contribution is 2.36. The predicted octanol–water partition coefficient (Wildman–Crippen LogP) is 25.8. The van der Waals surface area contributed by atoms with Crippen molar-refractivity contribution in [1.82, 2.24) is 0 Å². The highest BCUT2D eigenvalue weighted by atomic mass is 16.5. The van der Waals surface area contributed by atoms with E-state index in [1.807, 2.05) is 120 Å². The van der Waals surface area contributed by atoms with Crippen LogP contribution in [0.4, 0.5) is 0 Å². The van der Waals surface area contributed by atoms with Crippen molar-refractivity contribution in [3.05, 3.63) is 491 Å². The molecule has 0 aliphatic rings. The molecule has 14 rings (SSSR count). The Kier molecular flexibility index (Phi) is 45.2. The van der Waals surface area contributed by atoms with Crippen LogP contribution >= 0.6 is 0 Å². The molecule has 0 amide bonds. The van der Waals surface area contributed by atoms with Gasteiger partial charge < -0.3 is 37.9 Å². The first-order chi connectivity index (χ1) is 71.1. The molecule has 0 saturated carbocycles. The lowest BCUT2D eigenvalue weighted by Crippen LogP contribution is -2.02. The molecule has 14 aromatic rings. The van der Waals surface area contributed by atoms with Crippen molar-refractivity contribution in [3.8, 4) is 88.5 Å². The van der Waals surface area contributed by atoms with Crippen LogP contribution in [-0.4, -0.2) is 97.4 Å². The third kappa shape index (κ3) is 35.6. The second-order valence-electron chi connectivity index (χ2n) is 31.8. The summed E-state index contributed by atoms with van der Waals surface area (Å²) in [5.74, 6) is 3.60. The number of methoxy groups -OCH3 is 8. The Labute approximate surface area is 856 Å². The van der Waals surface area contributed by atoms with Gasteiger partial charge in [0.2, 0.25) is 0 Å². The Hall–Kier alpha value is -20.2. The van der Waals surface area contributed by atoms with Crippen LogP contribution in [0.1, 0.15) is 178 Å². The van der Waals surface area contributed by atoms with Gasteiger partial charge in [-0.3, -0.25) is 33.6 Å². The fourth-order valence-electron chi connectivity index (χ4n) is 13.6. The van der Waals surface area contributed by atoms with Gasteiger partial charge in [-0.25, -0.2) is 0 Å². The average Bonchev–Trinajstić information content (AvgIpc) is 0.429. The van der Waals surface area contributed by atoms with Gasteiger partial charge in [-0.1, -0.05) is 200 Å². The lowest BCUT2D eigenvalue weighted by Gasteiger charge is -2.13. The third-order valence-electron chi connectivity index (χ3n) is 21.5. The molecule has 0 unspecified atom stereocenters. The molecule has 0 bridgehead atoms. The summed E-state index contributed by atoms with van der Waals surface area (Å²) in [6, 6.07) is 103. The first kappa shape index (κ1) is 112. The Bertz CT molecular complexity index is 7530. The van der Waals surface area contributed by atoms with E-state index < -0.39 is 0 Å². The number of ether oxygens (including phenoxy) is 8. The maximum atomic E-state index is 12.4. The van der Waals surface area contributed by atoms with Crippen LogP contribution in [0.25, 0.3) is 42.5 Å². The van der Waals surface area contributed by atoms with Crippen molar-refractivity contribution in [2.24, 2.45) is 0 Å². The van der Waals surface area contributed by atoms with Crippen LogP contribution < -0.4 is 37.9 Å². The predicted molar refractivity (Wildman–Crippen MR) is 573 cm³/mol. The van der Waals surface area contributed by atoms with Gasteiger partial charge in [0.15, 0.2) is 52.0 Å². The number of hydrogen-bond acceptors (Lipinski definition) is 22. The van der Waals surface area contributed by atoms with E-state index in [0.717, 1.165) is 66.8 Å². The van der Waals surface area contributed by atoms with Crippen LogP contribution in [0.15, 0.2) is 346 Å². The molecule has 0 aromatic heterocycles. The average molecular weight is 1940 g/mol. The monoisotopic (exact) mass is 1940 g/mol. The molecule has 0 atom stereocenters. The molecule has 22 nitrogen and oxygen atoms in total. The van der Waals surface area contributed by atoms with Gasteiger partial charge in [-0.2, -0.15) is 36.8 Å². The second-order valence-corrected chi connectivity index (χ2v) is 31.8. The van der Waals surface area contributed by atoms with E-state index in [4.69, 9.17) is 74.7 Å². The molecule has 0 aliphatic heterocycles. The van der Waals surface area contributed by atoms with Crippen molar-refractivity contribution in [2.75, 3.05) is 56.9 Å². The second kappa shape index (κ2) is 59.3. The molecular formula is C125H103N7O15. The van der Waals surface area contributed by atoms with Crippen molar-refractivity contribution < 1.29 is 71.5 Å². The van der Waals surface area contributed by atoms with Crippen molar-refractivity contribution in [3.63, 3.8) is 0 Å². The third-order valence-corrected chi connectivity index (χ3v) is 21.5. The number of nitrogens with zero attached hydrogens (tertiary/aromatic N) is 7. The van der Waals surface area contributed by atoms with E-state index in [9.17, 15) is 33.6 Å². The minimum Gasteiger partial charge on any atom is -0.497 e. The van der Waals surface area contributed by atoms with Gasteiger partial charge in [0, 0.05) is 16.7 Å². The quantitative estimate of drug-likeness (QED) is 0.0310. The summed E-state index contributed by atoms with van der Waals surface area (Å²) in [6.07, 6.45) is 22.6. The van der Waals surface area contributed by atoms with Crippen LogP contribution in [-0.2, 0) is 0 Å². The Morgan fingerprint density at radius 1 is 0.211 bits per heavy atom. The number of aryl methyl sites for hydroxylation is 5. The van der Waals surface area contributed by atoms with Gasteiger partial charge in [-0.05, 0) is 290 Å². The number of hydrogen-bond donors (Lipinski definition) is 0. The molecule has 0 spiro atoms. The zero-order valence-corrected chi connectivity index (χ0v) is 83.2. The van der Waals surface area contributed by atoms with E-state index >= 15 is 0 Å². The summed E-state index contributed by atoms with van der Waals surface area (Å²) in [4.78, 5) is 85.4. The van der Waals surface area contributed by atoms with Gasteiger partial charge in [0.25, 0.3) is 0 Å². The molecule has 0 radical (unpaired) electrons. The number of ketones is 7. The lowest BCUT2D eigenvalue weighted by atomic mass is 10.0. The van der Waals surface area contributed by atoms with Gasteiger partial charge in [0.1, 0.15) is 40.1 Å². The highest BCUT2D eigenvalue weighted by Gasteiger charge is 2.20. The fourth-order valence-corrected chi connectivity index (χ4v) is 13.6. The van der Waals surface area contributed by atoms with Gasteiger partial charge in [0.05, 0.1) is 155 Å². The summed E-state index contributed by atoms with van der Waals surface area (Å²) in [5.41, 5.74) is 18.8. The standard InChI is InChI=1S/C19H17NO3.C18H15NO3.4C18H15NO2.C16H11NO/c1-13-7-9-16(19(23-3)18(13)22-2)17(21)10-8-14-5-4-6-15(11-14)12-20;1-21-16-4-3-5-17(22-2)18(16)15(20)11-10-13-6-8-14(12-19)9-7-13;1-13-3-10-18(21-2)16(11-13)17(20)9-8-14-4-6-15(12-19)7-5-14;1-13-3-9-16(11-18(13)21-2)17(20)10-8-14-4-6-15(12-19)7-5-14;1-13-3-9-16(18(11-13)21-2)17(20)10-8-14-4-6-15(12-19)7-5-14;1-13-9-16(11-17(10-13)21-2)18(20)8-7-14-3-5-15(12-19)6-4-14;17-12-14-8-6-13(7-9-14)10-11-16(18)15-4-2-1-3-5-15/h4-11H,1-3H3;3-11H,1-2H3;4*3-11H,1-2H3;1-11H/b10-8+;11-10+;9-8+;2*10-8+;8-7+;11-10+. The summed E-state index contributed by atoms with van der Waals surface area (Å²) in [7, 11) is 12.3. The minimum atomic E-state index is -0.210. The molecule has 0 heterocycles. The SMILES string of the molecule is COc1c(C)ccc(C(=O)/C=C/c2cccc(C#N)c2)c1OC.COc1cc(C(=O)/C=C/c2ccc(C#N)cc2)ccc1C.COc1cc(C)cc(C(=O)/C=C/c2ccc(C#N)cc2)c1.COc1cc(C)ccc1C(=O)/C=C/c1ccc(C#N)cc1.COc1ccc(C)cc1C(=O)/C=C/c1ccc(C#N)cc1.COc1cccc(OC)c1C(=O)/C=C/c1ccc(C#N)cc1.N#Cc1ccc(/C=C/C(=O)c2ccccc2)cc1. The van der Waals surface area contributed by atoms with Crippen LogP contribution in [0.3, 0.4) is 0 Å². The minimum absolute atomic E-state index is 0.0278. The van der Waals surface area contributed by atoms with Crippen molar-refractivity contribution >= 4 is 83.0 Å². The van der Waals surface area contributed by atoms with Gasteiger partial charge in [-0.15, -0.1) is 0 Å². The largest absolute Gasteiger partial charge is 0.497 e. The first-order valence-electron chi connectivity index (χ1n) is 45.3. The molecule has 0 fully saturated rings. The number of carbonyl (C=O) groups is 7. The molecule has 0 saturated heterocycles. The Morgan fingerprint density at radius 3 is 0.973 bits per heavy atom. The molecule has 728 valence electrons. The topological polar surface area (TPSA) is 360 Å². The maximum Gasteiger partial charge on any atom is 0.193 e. The molecular weight excluding hydrogens is 1840 g/mol. The number of carbonyl (C=O) groups excluding carboxylic acids is 7. The van der Waals surface area contributed by atoms with E-state index in [1.165, 1.54) is 63.9 Å². The zero-order valence-electron chi connectivity index (χ0n) is 83.2. The van der Waals surface area contributed by atoms with E-state index in [1.54, 1.807) is 296 Å². The summed E-state index contributed by atoms with van der Waals surface area (Å²) in [6.45, 7) is 9.62. The Morgan fingerprint density at radius 2 is 0.565 bits per heavy atom. The normalized spacial score (nSPS) is 10.3. The van der Waals surface area contributed by atoms with Crippen molar-refractivity contribution in [2.45, 2.75) is 34.6 Å². The number of benzene rings is 14. The first-order valence-corrected chi connectivity index (χ1v) is 45.3. The van der Waals surface area contributed by atoms with Crippen LogP contribution in [0, 0.1) is 114 Å². The van der Waals surface area contributed by atoms with Crippen LogP contribution in [0.5, 0.6) is 46.0 Å². The molecule has 0 N–H and O–H groups in total. The van der Waals surface area contributed by atoms with Crippen molar-refractivity contribution in [1.29, 1.82) is 36.8 Å². The lowest BCUT2D eigenvalue weighted by molar-refractivity contribution is 0.103. The Balaban J connectivity index is 0.000000209. The van der Waals surface area contributed by atoms with E-state index in [-0.39, 0.29) is 40.5 Å². The highest BCUT2D eigenvalue weighted by molar-refractivity contribution is 6.13. The molecule has 147 heavy (non-hydrogen) atoms. The smallest absolute Gasteiger partial charge is 0.193 e. The summed E-state index contributed by atoms with van der Waals surface area (Å²) in [5, 5.41) is 61.3. The summed E-state index contributed by atoms with van der Waals surface area (Å²) >= 11 is 0. The zero-order chi connectivity index (χ0) is 107. The summed E-state index contributed by atoms with van der Waals surface area (Å²) < 4.78 is 41.9. The maximum absolute atomic E-state index is 12.4.